The van der Waals surface area contributed by atoms with Crippen molar-refractivity contribution in [3.8, 4) is 0 Å². The van der Waals surface area contributed by atoms with Gasteiger partial charge in [0.15, 0.2) is 0 Å². The Labute approximate surface area is 278 Å². The third kappa shape index (κ3) is 6.00. The minimum Gasteiger partial charge on any atom is -0.465 e. The molecule has 2 aromatic carbocycles. The average Bonchev–Trinajstić information content (AvgIpc) is 3.71. The van der Waals surface area contributed by atoms with Crippen LogP contribution < -0.4 is 9.80 Å². The van der Waals surface area contributed by atoms with E-state index in [4.69, 9.17) is 9.47 Å². The number of nitrogens with zero attached hydrogens (tertiary/aromatic N) is 3. The number of ether oxygens (including phenoxy) is 2. The van der Waals surface area contributed by atoms with Crippen molar-refractivity contribution in [2.45, 2.75) is 76.2 Å². The fourth-order valence-corrected chi connectivity index (χ4v) is 8.19. The maximum atomic E-state index is 15.1. The highest BCUT2D eigenvalue weighted by molar-refractivity contribution is 6.05. The summed E-state index contributed by atoms with van der Waals surface area (Å²) in [5.41, 5.74) is 0.464. The molecule has 0 aromatic heterocycles. The highest BCUT2D eigenvalue weighted by Gasteiger charge is 2.79. The molecule has 1 spiro atoms. The van der Waals surface area contributed by atoms with E-state index in [0.717, 1.165) is 24.3 Å². The molecule has 2 bridgehead atoms. The lowest BCUT2D eigenvalue weighted by Gasteiger charge is -2.39. The molecule has 9 nitrogen and oxygen atoms in total. The quantitative estimate of drug-likeness (QED) is 0.157. The number of anilines is 2. The van der Waals surface area contributed by atoms with Crippen LogP contribution in [0.4, 0.5) is 11.4 Å². The van der Waals surface area contributed by atoms with E-state index in [1.807, 2.05) is 61.5 Å². The van der Waals surface area contributed by atoms with Gasteiger partial charge in [-0.2, -0.15) is 0 Å². The SMILES string of the molecule is C=CCCOC(=O)[C@@H]1[C@H]2C(=O)N([C@@H](CO)Cc3ccccc3)C(C(=O)N(CC=C)c3ccc(N(CC)CC)cc3)C23CC[C@@]1(CC)O3. The van der Waals surface area contributed by atoms with Gasteiger partial charge in [0, 0.05) is 31.0 Å². The highest BCUT2D eigenvalue weighted by atomic mass is 16.6. The number of hydrogen-bond donors (Lipinski definition) is 1. The minimum absolute atomic E-state index is 0.155. The van der Waals surface area contributed by atoms with Crippen molar-refractivity contribution < 1.29 is 29.0 Å². The fraction of sp³-hybridized carbons (Fsp3) is 0.500. The first kappa shape index (κ1) is 34.4. The van der Waals surface area contributed by atoms with Crippen molar-refractivity contribution in [1.82, 2.24) is 4.90 Å². The lowest BCUT2D eigenvalue weighted by atomic mass is 9.65. The second-order valence-corrected chi connectivity index (χ2v) is 12.8. The fourth-order valence-electron chi connectivity index (χ4n) is 8.19. The molecule has 3 saturated heterocycles. The van der Waals surface area contributed by atoms with Gasteiger partial charge in [-0.3, -0.25) is 14.4 Å². The number of rotatable bonds is 16. The van der Waals surface area contributed by atoms with Gasteiger partial charge in [-0.05, 0) is 75.8 Å². The number of benzene rings is 2. The van der Waals surface area contributed by atoms with Gasteiger partial charge in [0.05, 0.1) is 30.8 Å². The Bertz CT molecular complexity index is 1440. The molecular formula is C38H49N3O6. The van der Waals surface area contributed by atoms with E-state index in [-0.39, 0.29) is 31.6 Å². The van der Waals surface area contributed by atoms with Crippen LogP contribution in [-0.4, -0.2) is 83.9 Å². The van der Waals surface area contributed by atoms with Crippen molar-refractivity contribution in [2.24, 2.45) is 11.8 Å². The number of carbonyl (C=O) groups is 3. The molecule has 0 radical (unpaired) electrons. The largest absolute Gasteiger partial charge is 0.465 e. The van der Waals surface area contributed by atoms with Crippen LogP contribution in [-0.2, 0) is 30.3 Å². The van der Waals surface area contributed by atoms with Gasteiger partial charge in [0.2, 0.25) is 5.91 Å². The summed E-state index contributed by atoms with van der Waals surface area (Å²) in [6, 6.07) is 15.6. The number of likely N-dealkylation sites (tertiary alicyclic amines) is 1. The average molecular weight is 644 g/mol. The zero-order valence-electron chi connectivity index (χ0n) is 28.0. The number of aliphatic hydroxyl groups excluding tert-OH is 1. The Balaban J connectivity index is 1.60. The Morgan fingerprint density at radius 2 is 1.72 bits per heavy atom. The van der Waals surface area contributed by atoms with E-state index in [2.05, 4.69) is 31.9 Å². The summed E-state index contributed by atoms with van der Waals surface area (Å²) >= 11 is 0. The molecule has 6 atom stereocenters. The Morgan fingerprint density at radius 1 is 1.04 bits per heavy atom. The molecule has 3 aliphatic heterocycles. The van der Waals surface area contributed by atoms with Gasteiger partial charge in [0.1, 0.15) is 17.6 Å². The third-order valence-electron chi connectivity index (χ3n) is 10.5. The summed E-state index contributed by atoms with van der Waals surface area (Å²) in [5, 5.41) is 10.8. The van der Waals surface area contributed by atoms with Gasteiger partial charge in [-0.15, -0.1) is 13.2 Å². The Kier molecular flexibility index (Phi) is 10.6. The molecular weight excluding hydrogens is 594 g/mol. The Hall–Kier alpha value is -3.95. The minimum atomic E-state index is -1.25. The number of hydrogen-bond acceptors (Lipinski definition) is 7. The molecule has 0 saturated carbocycles. The lowest BCUT2D eigenvalue weighted by Crippen LogP contribution is -2.59. The zero-order chi connectivity index (χ0) is 33.8. The van der Waals surface area contributed by atoms with Gasteiger partial charge >= 0.3 is 5.97 Å². The van der Waals surface area contributed by atoms with Crippen LogP contribution in [0.1, 0.15) is 52.0 Å². The molecule has 0 aliphatic carbocycles. The van der Waals surface area contributed by atoms with Gasteiger partial charge < -0.3 is 29.3 Å². The standard InChI is InChI=1S/C38H49N3O6/c1-6-11-24-46-36(45)32-31-34(43)41(30(26-42)25-27-15-13-12-14-16-27)33(38(31)22-21-37(32,8-3)47-38)35(44)40(23-7-2)29-19-17-28(18-20-29)39(9-4)10-5/h6-7,12-20,30-33,42H,1-2,8-11,21-26H2,3-5H3/t30-,31+,32+,33?,37-,38?/m1/s1. The first-order chi connectivity index (χ1) is 22.7. The predicted molar refractivity (Wildman–Crippen MR) is 183 cm³/mol. The van der Waals surface area contributed by atoms with E-state index in [1.165, 1.54) is 4.90 Å². The molecule has 5 rings (SSSR count). The lowest BCUT2D eigenvalue weighted by molar-refractivity contribution is -0.162. The van der Waals surface area contributed by atoms with Crippen molar-refractivity contribution in [1.29, 1.82) is 0 Å². The van der Waals surface area contributed by atoms with Gasteiger partial charge in [0.25, 0.3) is 5.91 Å². The summed E-state index contributed by atoms with van der Waals surface area (Å²) in [6.45, 7) is 15.5. The van der Waals surface area contributed by atoms with Crippen LogP contribution in [0.3, 0.4) is 0 Å². The Morgan fingerprint density at radius 3 is 2.32 bits per heavy atom. The van der Waals surface area contributed by atoms with Crippen LogP contribution in [0, 0.1) is 11.8 Å². The van der Waals surface area contributed by atoms with Crippen LogP contribution in [0.15, 0.2) is 79.9 Å². The first-order valence-corrected chi connectivity index (χ1v) is 17.0. The van der Waals surface area contributed by atoms with E-state index in [9.17, 15) is 14.7 Å². The summed E-state index contributed by atoms with van der Waals surface area (Å²) in [7, 11) is 0. The monoisotopic (exact) mass is 643 g/mol. The van der Waals surface area contributed by atoms with Crippen LogP contribution in [0.2, 0.25) is 0 Å². The van der Waals surface area contributed by atoms with Crippen molar-refractivity contribution >= 4 is 29.2 Å². The molecule has 3 heterocycles. The van der Waals surface area contributed by atoms with E-state index in [0.29, 0.717) is 37.8 Å². The molecule has 3 fully saturated rings. The van der Waals surface area contributed by atoms with Crippen LogP contribution in [0.5, 0.6) is 0 Å². The van der Waals surface area contributed by atoms with Crippen molar-refractivity contribution in [3.63, 3.8) is 0 Å². The van der Waals surface area contributed by atoms with E-state index in [1.54, 1.807) is 17.1 Å². The number of carbonyl (C=O) groups excluding carboxylic acids is 3. The van der Waals surface area contributed by atoms with Crippen molar-refractivity contribution in [3.05, 3.63) is 85.5 Å². The highest BCUT2D eigenvalue weighted by Crippen LogP contribution is 2.65. The molecule has 2 unspecified atom stereocenters. The summed E-state index contributed by atoms with van der Waals surface area (Å²) in [4.78, 5) is 49.1. The second kappa shape index (κ2) is 14.4. The normalized spacial score (nSPS) is 26.5. The van der Waals surface area contributed by atoms with Gasteiger partial charge in [-0.1, -0.05) is 49.4 Å². The third-order valence-corrected chi connectivity index (χ3v) is 10.5. The van der Waals surface area contributed by atoms with E-state index < -0.39 is 41.1 Å². The molecule has 3 aliphatic rings. The maximum absolute atomic E-state index is 15.1. The predicted octanol–water partition coefficient (Wildman–Crippen LogP) is 4.93. The number of fused-ring (bicyclic) bond motifs is 1. The zero-order valence-corrected chi connectivity index (χ0v) is 28.0. The molecule has 47 heavy (non-hydrogen) atoms. The van der Waals surface area contributed by atoms with Gasteiger partial charge in [-0.25, -0.2) is 0 Å². The summed E-state index contributed by atoms with van der Waals surface area (Å²) < 4.78 is 12.6. The molecule has 2 aromatic rings. The second-order valence-electron chi connectivity index (χ2n) is 12.8. The maximum Gasteiger partial charge on any atom is 0.312 e. The van der Waals surface area contributed by atoms with Crippen LogP contribution in [0.25, 0.3) is 0 Å². The number of esters is 1. The first-order valence-electron chi connectivity index (χ1n) is 17.0. The molecule has 2 amide bonds. The molecule has 9 heteroatoms. The summed E-state index contributed by atoms with van der Waals surface area (Å²) in [6.07, 6.45) is 5.63. The number of amides is 2. The van der Waals surface area contributed by atoms with Crippen molar-refractivity contribution in [2.75, 3.05) is 42.6 Å². The molecule has 252 valence electrons. The van der Waals surface area contributed by atoms with E-state index >= 15 is 4.79 Å². The summed E-state index contributed by atoms with van der Waals surface area (Å²) in [5.74, 6) is -2.94. The smallest absolute Gasteiger partial charge is 0.312 e. The number of aliphatic hydroxyl groups is 1. The van der Waals surface area contributed by atoms with Crippen LogP contribution >= 0.6 is 0 Å². The topological polar surface area (TPSA) is 99.6 Å². The molecule has 1 N–H and O–H groups in total.